The average Bonchev–Trinajstić information content (AvgIpc) is 2.30. The summed E-state index contributed by atoms with van der Waals surface area (Å²) >= 11 is 0. The maximum absolute atomic E-state index is 11.0. The van der Waals surface area contributed by atoms with E-state index in [9.17, 15) is 4.79 Å². The molecule has 0 radical (unpaired) electrons. The van der Waals surface area contributed by atoms with Crippen LogP contribution in [0.4, 0.5) is 0 Å². The quantitative estimate of drug-likeness (QED) is 0.559. The summed E-state index contributed by atoms with van der Waals surface area (Å²) in [6, 6.07) is 0.285. The highest BCUT2D eigenvalue weighted by molar-refractivity contribution is 5.77. The first-order valence-corrected chi connectivity index (χ1v) is 4.00. The van der Waals surface area contributed by atoms with Crippen molar-refractivity contribution >= 4 is 12.1 Å². The van der Waals surface area contributed by atoms with Gasteiger partial charge in [0.2, 0.25) is 5.91 Å². The second kappa shape index (κ2) is 3.03. The van der Waals surface area contributed by atoms with E-state index in [4.69, 9.17) is 0 Å². The van der Waals surface area contributed by atoms with Crippen LogP contribution in [0, 0.1) is 5.92 Å². The molecule has 0 saturated carbocycles. The third-order valence-electron chi connectivity index (χ3n) is 2.09. The Hall–Kier alpha value is -0.860. The zero-order valence-corrected chi connectivity index (χ0v) is 7.24. The molecule has 3 nitrogen and oxygen atoms in total. The molecule has 0 aromatic carbocycles. The van der Waals surface area contributed by atoms with E-state index in [2.05, 4.69) is 18.9 Å². The highest BCUT2D eigenvalue weighted by Crippen LogP contribution is 2.19. The van der Waals surface area contributed by atoms with Crippen LogP contribution in [0.25, 0.3) is 0 Å². The van der Waals surface area contributed by atoms with Gasteiger partial charge < -0.3 is 0 Å². The predicted octanol–water partition coefficient (Wildman–Crippen LogP) is 1.25. The standard InChI is InChI=1S/C8H14N2O/c1-4-8-6(2)5-9-10(8)7(3)11/h5-6,8H,4H2,1-3H3/t6-,8-/m1/s1. The van der Waals surface area contributed by atoms with Gasteiger partial charge in [0.05, 0.1) is 6.04 Å². The molecule has 0 bridgehead atoms. The molecule has 1 amide bonds. The number of nitrogens with zero attached hydrogens (tertiary/aromatic N) is 2. The van der Waals surface area contributed by atoms with E-state index in [0.717, 1.165) is 6.42 Å². The minimum absolute atomic E-state index is 0.0393. The van der Waals surface area contributed by atoms with Crippen molar-refractivity contribution in [1.82, 2.24) is 5.01 Å². The highest BCUT2D eigenvalue weighted by Gasteiger charge is 2.28. The molecule has 62 valence electrons. The van der Waals surface area contributed by atoms with E-state index >= 15 is 0 Å². The number of carbonyl (C=O) groups is 1. The predicted molar refractivity (Wildman–Crippen MR) is 44.3 cm³/mol. The molecule has 2 atom stereocenters. The Kier molecular flexibility index (Phi) is 2.27. The first kappa shape index (κ1) is 8.24. The van der Waals surface area contributed by atoms with Crippen molar-refractivity contribution in [2.45, 2.75) is 33.2 Å². The first-order chi connectivity index (χ1) is 5.16. The van der Waals surface area contributed by atoms with Crippen molar-refractivity contribution in [3.05, 3.63) is 0 Å². The van der Waals surface area contributed by atoms with E-state index in [-0.39, 0.29) is 11.9 Å². The summed E-state index contributed by atoms with van der Waals surface area (Å²) in [5.74, 6) is 0.446. The maximum atomic E-state index is 11.0. The zero-order chi connectivity index (χ0) is 8.43. The molecule has 0 aliphatic carbocycles. The van der Waals surface area contributed by atoms with Crippen LogP contribution in [0.1, 0.15) is 27.2 Å². The third-order valence-corrected chi connectivity index (χ3v) is 2.09. The van der Waals surface area contributed by atoms with Gasteiger partial charge in [-0.05, 0) is 6.42 Å². The van der Waals surface area contributed by atoms with Crippen molar-refractivity contribution in [3.8, 4) is 0 Å². The molecule has 11 heavy (non-hydrogen) atoms. The summed E-state index contributed by atoms with van der Waals surface area (Å²) < 4.78 is 0. The minimum atomic E-state index is 0.0393. The molecule has 0 aromatic heterocycles. The van der Waals surface area contributed by atoms with Crippen LogP contribution >= 0.6 is 0 Å². The summed E-state index contributed by atoms with van der Waals surface area (Å²) in [5.41, 5.74) is 0. The van der Waals surface area contributed by atoms with E-state index in [1.807, 2.05) is 6.21 Å². The molecule has 1 rings (SSSR count). The lowest BCUT2D eigenvalue weighted by Gasteiger charge is -2.21. The molecule has 3 heteroatoms. The second-order valence-electron chi connectivity index (χ2n) is 2.96. The van der Waals surface area contributed by atoms with Gasteiger partial charge in [-0.2, -0.15) is 5.10 Å². The molecule has 0 N–H and O–H groups in total. The van der Waals surface area contributed by atoms with Gasteiger partial charge in [0, 0.05) is 19.1 Å². The third kappa shape index (κ3) is 1.42. The summed E-state index contributed by atoms with van der Waals surface area (Å²) in [5, 5.41) is 5.60. The number of hydrogen-bond donors (Lipinski definition) is 0. The Morgan fingerprint density at radius 3 is 2.73 bits per heavy atom. The maximum Gasteiger partial charge on any atom is 0.239 e. The first-order valence-electron chi connectivity index (χ1n) is 4.00. The summed E-state index contributed by atoms with van der Waals surface area (Å²) in [7, 11) is 0. The van der Waals surface area contributed by atoms with Gasteiger partial charge in [-0.25, -0.2) is 5.01 Å². The van der Waals surface area contributed by atoms with Gasteiger partial charge >= 0.3 is 0 Å². The monoisotopic (exact) mass is 154 g/mol. The normalized spacial score (nSPS) is 29.5. The van der Waals surface area contributed by atoms with Gasteiger partial charge in [-0.15, -0.1) is 0 Å². The van der Waals surface area contributed by atoms with Crippen LogP contribution < -0.4 is 0 Å². The Labute approximate surface area is 67.1 Å². The Bertz CT molecular complexity index is 189. The molecule has 0 aromatic rings. The van der Waals surface area contributed by atoms with E-state index in [0.29, 0.717) is 5.92 Å². The summed E-state index contributed by atoms with van der Waals surface area (Å²) in [4.78, 5) is 11.0. The zero-order valence-electron chi connectivity index (χ0n) is 7.24. The van der Waals surface area contributed by atoms with E-state index in [1.165, 1.54) is 0 Å². The Balaban J connectivity index is 2.68. The van der Waals surface area contributed by atoms with Crippen LogP contribution in [0.3, 0.4) is 0 Å². The topological polar surface area (TPSA) is 32.7 Å². The van der Waals surface area contributed by atoms with Crippen LogP contribution in [0.5, 0.6) is 0 Å². The minimum Gasteiger partial charge on any atom is -0.273 e. The van der Waals surface area contributed by atoms with Gasteiger partial charge in [-0.1, -0.05) is 13.8 Å². The van der Waals surface area contributed by atoms with Gasteiger partial charge in [0.1, 0.15) is 0 Å². The smallest absolute Gasteiger partial charge is 0.239 e. The molecule has 0 fully saturated rings. The van der Waals surface area contributed by atoms with Crippen LogP contribution in [0.2, 0.25) is 0 Å². The average molecular weight is 154 g/mol. The van der Waals surface area contributed by atoms with Crippen molar-refractivity contribution in [1.29, 1.82) is 0 Å². The largest absolute Gasteiger partial charge is 0.273 e. The van der Waals surface area contributed by atoms with Gasteiger partial charge in [0.25, 0.3) is 0 Å². The second-order valence-corrected chi connectivity index (χ2v) is 2.96. The van der Waals surface area contributed by atoms with Crippen molar-refractivity contribution in [2.75, 3.05) is 0 Å². The van der Waals surface area contributed by atoms with Crippen molar-refractivity contribution in [2.24, 2.45) is 11.0 Å². The molecule has 0 saturated heterocycles. The van der Waals surface area contributed by atoms with E-state index in [1.54, 1.807) is 11.9 Å². The number of rotatable bonds is 1. The highest BCUT2D eigenvalue weighted by atomic mass is 16.2. The number of hydrogen-bond acceptors (Lipinski definition) is 2. The SMILES string of the molecule is CC[C@@H]1[C@H](C)C=NN1C(C)=O. The summed E-state index contributed by atoms with van der Waals surface area (Å²) in [6.07, 6.45) is 2.82. The van der Waals surface area contributed by atoms with Crippen molar-refractivity contribution in [3.63, 3.8) is 0 Å². The molecule has 0 spiro atoms. The Morgan fingerprint density at radius 1 is 1.73 bits per heavy atom. The van der Waals surface area contributed by atoms with Crippen molar-refractivity contribution < 1.29 is 4.79 Å². The number of amides is 1. The number of carbonyl (C=O) groups excluding carboxylic acids is 1. The van der Waals surface area contributed by atoms with E-state index < -0.39 is 0 Å². The van der Waals surface area contributed by atoms with Crippen LogP contribution in [-0.2, 0) is 4.79 Å². The number of hydrazone groups is 1. The molecular weight excluding hydrogens is 140 g/mol. The summed E-state index contributed by atoms with van der Waals surface area (Å²) in [6.45, 7) is 5.71. The van der Waals surface area contributed by atoms with Gasteiger partial charge in [-0.3, -0.25) is 4.79 Å². The fourth-order valence-corrected chi connectivity index (χ4v) is 1.44. The van der Waals surface area contributed by atoms with Gasteiger partial charge in [0.15, 0.2) is 0 Å². The van der Waals surface area contributed by atoms with Crippen LogP contribution in [0.15, 0.2) is 5.10 Å². The fourth-order valence-electron chi connectivity index (χ4n) is 1.44. The molecule has 0 unspecified atom stereocenters. The Morgan fingerprint density at radius 2 is 2.36 bits per heavy atom. The lowest BCUT2D eigenvalue weighted by molar-refractivity contribution is -0.130. The molecule has 1 aliphatic heterocycles. The molecule has 1 aliphatic rings. The molecular formula is C8H14N2O. The fraction of sp³-hybridized carbons (Fsp3) is 0.750. The molecule has 1 heterocycles. The van der Waals surface area contributed by atoms with Crippen LogP contribution in [-0.4, -0.2) is 23.2 Å². The lowest BCUT2D eigenvalue weighted by atomic mass is 10.0. The lowest BCUT2D eigenvalue weighted by Crippen LogP contribution is -2.33.